The molecule has 0 aliphatic carbocycles. The first-order valence-electron chi connectivity index (χ1n) is 6.69. The zero-order valence-electron chi connectivity index (χ0n) is 11.7. The highest BCUT2D eigenvalue weighted by atomic mass is 32.2. The highest BCUT2D eigenvalue weighted by molar-refractivity contribution is 7.99. The first kappa shape index (κ1) is 15.0. The molecular weight excluding hydrogens is 274 g/mol. The van der Waals surface area contributed by atoms with Gasteiger partial charge >= 0.3 is 0 Å². The van der Waals surface area contributed by atoms with Gasteiger partial charge in [-0.2, -0.15) is 11.8 Å². The number of methoxy groups -OCH3 is 1. The molecule has 110 valence electrons. The van der Waals surface area contributed by atoms with E-state index in [9.17, 15) is 0 Å². The molecular formula is C14H21N3O2S. The first-order valence-corrected chi connectivity index (χ1v) is 7.85. The van der Waals surface area contributed by atoms with E-state index in [4.69, 9.17) is 15.7 Å². The number of nitrogens with two attached hydrogens (primary N) is 1. The third-order valence-electron chi connectivity index (χ3n) is 3.37. The predicted molar refractivity (Wildman–Crippen MR) is 82.7 cm³/mol. The molecule has 5 nitrogen and oxygen atoms in total. The fraction of sp³-hybridized carbons (Fsp3) is 0.500. The van der Waals surface area contributed by atoms with Crippen LogP contribution < -0.4 is 10.5 Å². The molecule has 2 rings (SSSR count). The molecule has 0 bridgehead atoms. The summed E-state index contributed by atoms with van der Waals surface area (Å²) in [6, 6.07) is 5.81. The van der Waals surface area contributed by atoms with E-state index in [1.54, 1.807) is 7.11 Å². The van der Waals surface area contributed by atoms with E-state index in [0.29, 0.717) is 11.3 Å². The summed E-state index contributed by atoms with van der Waals surface area (Å²) in [5.41, 5.74) is 7.43. The quantitative estimate of drug-likeness (QED) is 0.383. The summed E-state index contributed by atoms with van der Waals surface area (Å²) in [6.45, 7) is 3.17. The third kappa shape index (κ3) is 3.80. The summed E-state index contributed by atoms with van der Waals surface area (Å²) in [7, 11) is 1.59. The molecule has 6 heteroatoms. The highest BCUT2D eigenvalue weighted by Crippen LogP contribution is 2.22. The topological polar surface area (TPSA) is 71.1 Å². The third-order valence-corrected chi connectivity index (χ3v) is 4.42. The van der Waals surface area contributed by atoms with Crippen LogP contribution in [0, 0.1) is 0 Å². The first-order chi connectivity index (χ1) is 9.74. The summed E-state index contributed by atoms with van der Waals surface area (Å²) in [4.78, 5) is 2.46. The molecule has 20 heavy (non-hydrogen) atoms. The van der Waals surface area contributed by atoms with Crippen molar-refractivity contribution in [3.63, 3.8) is 0 Å². The Kier molecular flexibility index (Phi) is 5.55. The highest BCUT2D eigenvalue weighted by Gasteiger charge is 2.12. The van der Waals surface area contributed by atoms with Gasteiger partial charge in [-0.1, -0.05) is 11.2 Å². The van der Waals surface area contributed by atoms with Gasteiger partial charge in [0.1, 0.15) is 5.75 Å². The Morgan fingerprint density at radius 1 is 1.45 bits per heavy atom. The van der Waals surface area contributed by atoms with Crippen LogP contribution in [0.3, 0.4) is 0 Å². The zero-order chi connectivity index (χ0) is 14.4. The van der Waals surface area contributed by atoms with Crippen molar-refractivity contribution in [3.8, 4) is 5.75 Å². The van der Waals surface area contributed by atoms with E-state index in [2.05, 4.69) is 10.1 Å². The van der Waals surface area contributed by atoms with Crippen molar-refractivity contribution in [1.29, 1.82) is 0 Å². The number of rotatable bonds is 4. The van der Waals surface area contributed by atoms with Crippen LogP contribution in [0.4, 0.5) is 0 Å². The van der Waals surface area contributed by atoms with Gasteiger partial charge in [0.15, 0.2) is 5.84 Å². The standard InChI is InChI=1S/C14H21N3O2S/c1-19-13-9-11(3-4-12(13)14(15)16-18)10-17-5-2-7-20-8-6-17/h3-4,9,18H,2,5-8,10H2,1H3,(H2,15,16). The smallest absolute Gasteiger partial charge is 0.173 e. The SMILES string of the molecule is COc1cc(CN2CCCSCC2)ccc1/C(N)=N/O. The predicted octanol–water partition coefficient (Wildman–Crippen LogP) is 1.73. The van der Waals surface area contributed by atoms with Crippen molar-refractivity contribution in [2.75, 3.05) is 31.7 Å². The fourth-order valence-corrected chi connectivity index (χ4v) is 3.24. The summed E-state index contributed by atoms with van der Waals surface area (Å²) in [5.74, 6) is 3.16. The molecule has 0 spiro atoms. The number of oxime groups is 1. The number of benzene rings is 1. The van der Waals surface area contributed by atoms with E-state index in [1.807, 2.05) is 30.0 Å². The Morgan fingerprint density at radius 2 is 2.30 bits per heavy atom. The maximum atomic E-state index is 8.77. The average Bonchev–Trinajstić information content (AvgIpc) is 2.75. The molecule has 1 aromatic rings. The Bertz CT molecular complexity index is 471. The average molecular weight is 295 g/mol. The summed E-state index contributed by atoms with van der Waals surface area (Å²) < 4.78 is 5.33. The molecule has 0 aromatic heterocycles. The van der Waals surface area contributed by atoms with E-state index < -0.39 is 0 Å². The van der Waals surface area contributed by atoms with E-state index in [-0.39, 0.29) is 5.84 Å². The Labute approximate surface area is 123 Å². The van der Waals surface area contributed by atoms with Crippen LogP contribution in [0.5, 0.6) is 5.75 Å². The Morgan fingerprint density at radius 3 is 3.05 bits per heavy atom. The molecule has 1 aromatic carbocycles. The number of hydrogen-bond acceptors (Lipinski definition) is 5. The molecule has 1 aliphatic heterocycles. The van der Waals surface area contributed by atoms with Crippen molar-refractivity contribution < 1.29 is 9.94 Å². The molecule has 3 N–H and O–H groups in total. The lowest BCUT2D eigenvalue weighted by molar-refractivity contribution is 0.287. The van der Waals surface area contributed by atoms with Crippen LogP contribution in [-0.2, 0) is 6.54 Å². The van der Waals surface area contributed by atoms with Gasteiger partial charge < -0.3 is 15.7 Å². The minimum atomic E-state index is 0.0690. The lowest BCUT2D eigenvalue weighted by atomic mass is 10.1. The van der Waals surface area contributed by atoms with Crippen molar-refractivity contribution >= 4 is 17.6 Å². The van der Waals surface area contributed by atoms with E-state index in [1.165, 1.54) is 23.5 Å². The largest absolute Gasteiger partial charge is 0.496 e. The maximum absolute atomic E-state index is 8.77. The summed E-state index contributed by atoms with van der Waals surface area (Å²) in [6.07, 6.45) is 1.24. The summed E-state index contributed by atoms with van der Waals surface area (Å²) in [5, 5.41) is 11.8. The van der Waals surface area contributed by atoms with Gasteiger partial charge in [0, 0.05) is 18.8 Å². The second-order valence-electron chi connectivity index (χ2n) is 4.76. The number of hydrogen-bond donors (Lipinski definition) is 2. The van der Waals surface area contributed by atoms with Crippen molar-refractivity contribution in [3.05, 3.63) is 29.3 Å². The molecule has 1 aliphatic rings. The van der Waals surface area contributed by atoms with E-state index >= 15 is 0 Å². The zero-order valence-corrected chi connectivity index (χ0v) is 12.5. The van der Waals surface area contributed by atoms with Gasteiger partial charge in [-0.25, -0.2) is 0 Å². The van der Waals surface area contributed by atoms with Crippen LogP contribution in [-0.4, -0.2) is 47.6 Å². The molecule has 1 saturated heterocycles. The van der Waals surface area contributed by atoms with Crippen LogP contribution in [0.1, 0.15) is 17.5 Å². The van der Waals surface area contributed by atoms with Gasteiger partial charge in [-0.3, -0.25) is 4.90 Å². The van der Waals surface area contributed by atoms with Crippen molar-refractivity contribution in [1.82, 2.24) is 4.90 Å². The monoisotopic (exact) mass is 295 g/mol. The van der Waals surface area contributed by atoms with Crippen LogP contribution in [0.15, 0.2) is 23.4 Å². The van der Waals surface area contributed by atoms with E-state index in [0.717, 1.165) is 19.6 Å². The van der Waals surface area contributed by atoms with Gasteiger partial charge in [-0.15, -0.1) is 0 Å². The molecule has 0 radical (unpaired) electrons. The molecule has 0 atom stereocenters. The second kappa shape index (κ2) is 7.40. The van der Waals surface area contributed by atoms with Gasteiger partial charge in [0.25, 0.3) is 0 Å². The normalized spacial score (nSPS) is 17.8. The van der Waals surface area contributed by atoms with Gasteiger partial charge in [0.05, 0.1) is 12.7 Å². The number of ether oxygens (including phenoxy) is 1. The molecule has 0 unspecified atom stereocenters. The fourth-order valence-electron chi connectivity index (χ4n) is 2.31. The molecule has 1 heterocycles. The number of amidine groups is 1. The van der Waals surface area contributed by atoms with Crippen LogP contribution in [0.2, 0.25) is 0 Å². The van der Waals surface area contributed by atoms with Gasteiger partial charge in [0.2, 0.25) is 0 Å². The van der Waals surface area contributed by atoms with Crippen molar-refractivity contribution in [2.24, 2.45) is 10.9 Å². The summed E-state index contributed by atoms with van der Waals surface area (Å²) >= 11 is 2.02. The minimum absolute atomic E-state index is 0.0690. The van der Waals surface area contributed by atoms with Crippen LogP contribution >= 0.6 is 11.8 Å². The lowest BCUT2D eigenvalue weighted by Crippen LogP contribution is -2.25. The Hall–Kier alpha value is -1.40. The minimum Gasteiger partial charge on any atom is -0.496 e. The number of nitrogens with zero attached hydrogens (tertiary/aromatic N) is 2. The van der Waals surface area contributed by atoms with Gasteiger partial charge in [-0.05, 0) is 36.4 Å². The number of thioether (sulfide) groups is 1. The van der Waals surface area contributed by atoms with Crippen molar-refractivity contribution in [2.45, 2.75) is 13.0 Å². The Balaban J connectivity index is 2.12. The second-order valence-corrected chi connectivity index (χ2v) is 5.99. The molecule has 1 fully saturated rings. The molecule has 0 saturated carbocycles. The molecule has 0 amide bonds. The lowest BCUT2D eigenvalue weighted by Gasteiger charge is -2.20. The maximum Gasteiger partial charge on any atom is 0.173 e. The van der Waals surface area contributed by atoms with Crippen LogP contribution in [0.25, 0.3) is 0 Å².